The maximum Gasteiger partial charge on any atom is 0.252 e. The van der Waals surface area contributed by atoms with Gasteiger partial charge in [0.15, 0.2) is 0 Å². The third-order valence-corrected chi connectivity index (χ3v) is 18.1. The standard InChI is InChI=1S/C83H61BN2/c1-82(2,3)64-54-69(58-33-14-6-15-34-58)81(70(55-64)59-35-16-7-17-36-59)86-75-48-27-25-46-72(75)84-73-51-60(66-43-28-44-68-67-42-22-24-45-71(67)83(79(66)68,62-37-18-8-19-38-62)63-39-20-9-21-40-63)49-50-76(73)85(74-47-26-23-41-65(74)57-31-12-5-13-32-57)77-52-61(53-78(86)80(77)84)56-29-10-4-11-30-56/h4-55H,1-3H3/i4D,10D,11D,29D,30D. The molecule has 0 bridgehead atoms. The number of anilines is 6. The molecule has 0 radical (unpaired) electrons. The van der Waals surface area contributed by atoms with E-state index in [9.17, 15) is 5.48 Å². The smallest absolute Gasteiger partial charge is 0.252 e. The lowest BCUT2D eigenvalue weighted by molar-refractivity contribution is 0.591. The highest BCUT2D eigenvalue weighted by atomic mass is 15.2. The molecule has 0 fully saturated rings. The molecule has 0 spiro atoms. The third kappa shape index (κ3) is 8.02. The van der Waals surface area contributed by atoms with Crippen molar-refractivity contribution < 1.29 is 6.85 Å². The molecule has 1 aliphatic carbocycles. The molecule has 2 aliphatic heterocycles. The third-order valence-electron chi connectivity index (χ3n) is 18.1. The van der Waals surface area contributed by atoms with Crippen LogP contribution in [-0.2, 0) is 10.8 Å². The van der Waals surface area contributed by atoms with E-state index >= 15 is 0 Å². The lowest BCUT2D eigenvalue weighted by Gasteiger charge is -2.45. The Morgan fingerprint density at radius 2 is 0.826 bits per heavy atom. The van der Waals surface area contributed by atoms with Gasteiger partial charge in [-0.25, -0.2) is 0 Å². The highest BCUT2D eigenvalue weighted by molar-refractivity contribution is 7.00. The van der Waals surface area contributed by atoms with E-state index < -0.39 is 11.5 Å². The lowest BCUT2D eigenvalue weighted by atomic mass is 9.33. The average Bonchev–Trinajstić information content (AvgIpc) is 1.69. The summed E-state index contributed by atoms with van der Waals surface area (Å²) in [5, 5.41) is 0. The fourth-order valence-corrected chi connectivity index (χ4v) is 14.4. The maximum absolute atomic E-state index is 9.72. The molecule has 0 aromatic heterocycles. The van der Waals surface area contributed by atoms with E-state index in [1.54, 1.807) is 0 Å². The number of hydrogen-bond acceptors (Lipinski definition) is 2. The van der Waals surface area contributed by atoms with Crippen LogP contribution in [0.1, 0.15) is 55.4 Å². The van der Waals surface area contributed by atoms with Gasteiger partial charge in [-0.05, 0) is 142 Å². The Morgan fingerprint density at radius 1 is 0.337 bits per heavy atom. The zero-order valence-corrected chi connectivity index (χ0v) is 48.1. The van der Waals surface area contributed by atoms with E-state index in [4.69, 9.17) is 1.37 Å². The second-order valence-corrected chi connectivity index (χ2v) is 23.9. The van der Waals surface area contributed by atoms with Gasteiger partial charge in [0, 0.05) is 39.4 Å². The number of hydrogen-bond donors (Lipinski definition) is 0. The van der Waals surface area contributed by atoms with Crippen molar-refractivity contribution in [3.05, 3.63) is 343 Å². The number of benzene rings is 13. The molecular weight excluding hydrogens is 1040 g/mol. The SMILES string of the molecule is [2H]c1c([2H])c([2H])c(-c2cc3c4c(c2)N(c2c(-c5ccccc5)cc(C(C)(C)C)cc2-c2ccccc2)c2ccccc2B4c2cc(-c4cccc5c4C(c4ccccc4)(c4ccccc4)c4ccccc4-5)ccc2N3c2ccccc2-c2ccccc2)c([2H])c1[2H]. The minimum Gasteiger partial charge on any atom is -0.311 e. The number of fused-ring (bicyclic) bond motifs is 7. The summed E-state index contributed by atoms with van der Waals surface area (Å²) in [5.41, 5.74) is 25.3. The van der Waals surface area contributed by atoms with Gasteiger partial charge in [-0.3, -0.25) is 0 Å². The first kappa shape index (κ1) is 46.0. The molecule has 3 heteroatoms. The Labute approximate surface area is 512 Å². The summed E-state index contributed by atoms with van der Waals surface area (Å²) in [6, 6.07) is 101. The Balaban J connectivity index is 1.06. The van der Waals surface area contributed by atoms with E-state index in [1.807, 2.05) is 6.07 Å². The quantitative estimate of drug-likeness (QED) is 0.133. The predicted molar refractivity (Wildman–Crippen MR) is 364 cm³/mol. The first-order valence-corrected chi connectivity index (χ1v) is 29.8. The fraction of sp³-hybridized carbons (Fsp3) is 0.0602. The minimum absolute atomic E-state index is 0.131. The molecule has 0 unspecified atom stereocenters. The van der Waals surface area contributed by atoms with Crippen molar-refractivity contribution in [2.45, 2.75) is 31.6 Å². The normalized spacial score (nSPS) is 14.1. The molecule has 13 aromatic rings. The molecule has 2 nitrogen and oxygen atoms in total. The zero-order valence-electron chi connectivity index (χ0n) is 53.1. The molecule has 86 heavy (non-hydrogen) atoms. The van der Waals surface area contributed by atoms with Crippen LogP contribution in [0.25, 0.3) is 66.8 Å². The molecule has 0 N–H and O–H groups in total. The van der Waals surface area contributed by atoms with Crippen molar-refractivity contribution >= 4 is 57.2 Å². The minimum atomic E-state index is -0.672. The van der Waals surface area contributed by atoms with E-state index in [0.29, 0.717) is 5.56 Å². The summed E-state index contributed by atoms with van der Waals surface area (Å²) >= 11 is 0. The van der Waals surface area contributed by atoms with Gasteiger partial charge in [0.1, 0.15) is 0 Å². The van der Waals surface area contributed by atoms with Crippen LogP contribution in [0.5, 0.6) is 0 Å². The predicted octanol–water partition coefficient (Wildman–Crippen LogP) is 19.8. The zero-order chi connectivity index (χ0) is 61.9. The fourth-order valence-electron chi connectivity index (χ4n) is 14.4. The van der Waals surface area contributed by atoms with Crippen molar-refractivity contribution in [1.82, 2.24) is 0 Å². The largest absolute Gasteiger partial charge is 0.311 e. The van der Waals surface area contributed by atoms with Crippen molar-refractivity contribution in [2.24, 2.45) is 0 Å². The Kier molecular flexibility index (Phi) is 10.9. The second-order valence-electron chi connectivity index (χ2n) is 23.9. The van der Waals surface area contributed by atoms with E-state index in [1.165, 1.54) is 38.9 Å². The van der Waals surface area contributed by atoms with Gasteiger partial charge in [-0.2, -0.15) is 0 Å². The van der Waals surface area contributed by atoms with Crippen LogP contribution < -0.4 is 26.2 Å². The Bertz CT molecular complexity index is 4920. The van der Waals surface area contributed by atoms with Gasteiger partial charge >= 0.3 is 0 Å². The molecule has 0 atom stereocenters. The van der Waals surface area contributed by atoms with Crippen LogP contribution in [0.3, 0.4) is 0 Å². The van der Waals surface area contributed by atoms with Crippen LogP contribution in [0.15, 0.2) is 315 Å². The molecular formula is C83H61BN2. The first-order chi connectivity index (χ1) is 44.4. The number of nitrogens with zero attached hydrogens (tertiary/aromatic N) is 2. The lowest BCUT2D eigenvalue weighted by Crippen LogP contribution is -2.61. The Morgan fingerprint density at radius 3 is 1.44 bits per heavy atom. The second kappa shape index (κ2) is 20.4. The van der Waals surface area contributed by atoms with E-state index in [0.717, 1.165) is 95.0 Å². The number of para-hydroxylation sites is 2. The van der Waals surface area contributed by atoms with E-state index in [-0.39, 0.29) is 41.9 Å². The van der Waals surface area contributed by atoms with Crippen molar-refractivity contribution in [3.8, 4) is 66.8 Å². The van der Waals surface area contributed by atoms with Crippen LogP contribution in [0.2, 0.25) is 0 Å². The van der Waals surface area contributed by atoms with Crippen LogP contribution in [-0.4, -0.2) is 6.71 Å². The van der Waals surface area contributed by atoms with Crippen LogP contribution >= 0.6 is 0 Å². The molecule has 3 aliphatic rings. The molecule has 2 heterocycles. The van der Waals surface area contributed by atoms with Gasteiger partial charge in [0.25, 0.3) is 6.71 Å². The summed E-state index contributed by atoms with van der Waals surface area (Å²) in [5.74, 6) is 0. The highest BCUT2D eigenvalue weighted by Crippen LogP contribution is 2.59. The van der Waals surface area contributed by atoms with E-state index in [2.05, 4.69) is 310 Å². The van der Waals surface area contributed by atoms with Crippen LogP contribution in [0, 0.1) is 0 Å². The molecule has 0 saturated heterocycles. The summed E-state index contributed by atoms with van der Waals surface area (Å²) in [6.45, 7) is 6.43. The molecule has 0 saturated carbocycles. The van der Waals surface area contributed by atoms with Crippen LogP contribution in [0.4, 0.5) is 34.1 Å². The maximum atomic E-state index is 9.72. The van der Waals surface area contributed by atoms with Crippen molar-refractivity contribution in [3.63, 3.8) is 0 Å². The van der Waals surface area contributed by atoms with Crippen molar-refractivity contribution in [1.29, 1.82) is 0 Å². The Hall–Kier alpha value is -10.5. The van der Waals surface area contributed by atoms with Gasteiger partial charge in [-0.1, -0.05) is 294 Å². The van der Waals surface area contributed by atoms with Gasteiger partial charge in [-0.15, -0.1) is 0 Å². The van der Waals surface area contributed by atoms with Gasteiger partial charge < -0.3 is 9.80 Å². The average molecular weight is 1100 g/mol. The topological polar surface area (TPSA) is 6.48 Å². The summed E-state index contributed by atoms with van der Waals surface area (Å²) in [4.78, 5) is 4.83. The number of rotatable bonds is 9. The summed E-state index contributed by atoms with van der Waals surface area (Å²) in [6.07, 6.45) is 0. The summed E-state index contributed by atoms with van der Waals surface area (Å²) in [7, 11) is 0. The molecule has 16 rings (SSSR count). The van der Waals surface area contributed by atoms with Gasteiger partial charge in [0.05, 0.1) is 23.6 Å². The molecule has 13 aromatic carbocycles. The highest BCUT2D eigenvalue weighted by Gasteiger charge is 2.49. The molecule has 406 valence electrons. The van der Waals surface area contributed by atoms with Crippen molar-refractivity contribution in [2.75, 3.05) is 9.80 Å². The molecule has 0 amide bonds. The monoisotopic (exact) mass is 1100 g/mol. The van der Waals surface area contributed by atoms with Gasteiger partial charge in [0.2, 0.25) is 0 Å². The first-order valence-electron chi connectivity index (χ1n) is 32.3. The summed E-state index contributed by atoms with van der Waals surface area (Å²) < 4.78 is 46.6.